The smallest absolute Gasteiger partial charge is 0.462 e. The van der Waals surface area contributed by atoms with E-state index in [1.807, 2.05) is 0 Å². The fourth-order valence-corrected chi connectivity index (χ4v) is 6.47. The molecular formula is C41H77O8P. The Morgan fingerprint density at radius 3 is 1.44 bits per heavy atom. The topological polar surface area (TPSA) is 108 Å². The standard InChI is InChI=1S/C41H77O8P/c1-4-7-9-11-13-15-17-19-21-22-24-26-28-30-32-34-36-41(43)49-39(38-48-50(44,45)47-6-3)37-46-40(42)35-33-31-29-27-25-23-20-18-16-14-12-10-8-5-2/h15,17,21-22,39H,4-14,16,18-20,23-38H2,1-3H3,(H,44,45)/b17-15-,22-21-. The van der Waals surface area contributed by atoms with Gasteiger partial charge in [-0.25, -0.2) is 4.57 Å². The van der Waals surface area contributed by atoms with E-state index in [0.29, 0.717) is 12.8 Å². The van der Waals surface area contributed by atoms with E-state index in [1.165, 1.54) is 103 Å². The predicted octanol–water partition coefficient (Wildman–Crippen LogP) is 12.7. The van der Waals surface area contributed by atoms with Gasteiger partial charge in [0.2, 0.25) is 0 Å². The van der Waals surface area contributed by atoms with Crippen molar-refractivity contribution in [3.05, 3.63) is 24.3 Å². The van der Waals surface area contributed by atoms with Crippen LogP contribution in [0.2, 0.25) is 0 Å². The van der Waals surface area contributed by atoms with Gasteiger partial charge in [0.15, 0.2) is 6.10 Å². The highest BCUT2D eigenvalue weighted by atomic mass is 31.2. The number of carbonyl (C=O) groups is 2. The highest BCUT2D eigenvalue weighted by molar-refractivity contribution is 7.47. The van der Waals surface area contributed by atoms with Crippen LogP contribution in [0.15, 0.2) is 24.3 Å². The third kappa shape index (κ3) is 36.3. The molecule has 0 spiro atoms. The highest BCUT2D eigenvalue weighted by Crippen LogP contribution is 2.43. The Kier molecular flexibility index (Phi) is 36.2. The fraction of sp³-hybridized carbons (Fsp3) is 0.854. The van der Waals surface area contributed by atoms with Gasteiger partial charge < -0.3 is 14.4 Å². The van der Waals surface area contributed by atoms with E-state index in [-0.39, 0.29) is 25.6 Å². The van der Waals surface area contributed by atoms with Gasteiger partial charge in [-0.05, 0) is 51.9 Å². The third-order valence-electron chi connectivity index (χ3n) is 8.76. The summed E-state index contributed by atoms with van der Waals surface area (Å²) in [6.45, 7) is 5.45. The molecule has 0 saturated carbocycles. The molecule has 0 saturated heterocycles. The van der Waals surface area contributed by atoms with Crippen LogP contribution in [-0.2, 0) is 32.7 Å². The highest BCUT2D eigenvalue weighted by Gasteiger charge is 2.25. The Bertz CT molecular complexity index is 875. The monoisotopic (exact) mass is 729 g/mol. The van der Waals surface area contributed by atoms with Crippen LogP contribution < -0.4 is 0 Å². The number of unbranched alkanes of at least 4 members (excludes halogenated alkanes) is 22. The number of hydrogen-bond acceptors (Lipinski definition) is 7. The van der Waals surface area contributed by atoms with Crippen molar-refractivity contribution < 1.29 is 37.6 Å². The molecule has 294 valence electrons. The second-order valence-corrected chi connectivity index (χ2v) is 15.1. The summed E-state index contributed by atoms with van der Waals surface area (Å²) >= 11 is 0. The summed E-state index contributed by atoms with van der Waals surface area (Å²) in [5, 5.41) is 0. The van der Waals surface area contributed by atoms with Crippen molar-refractivity contribution in [2.45, 2.75) is 207 Å². The second-order valence-electron chi connectivity index (χ2n) is 13.7. The summed E-state index contributed by atoms with van der Waals surface area (Å²) in [5.41, 5.74) is 0. The lowest BCUT2D eigenvalue weighted by atomic mass is 10.0. The summed E-state index contributed by atoms with van der Waals surface area (Å²) in [4.78, 5) is 34.7. The van der Waals surface area contributed by atoms with E-state index in [2.05, 4.69) is 38.2 Å². The number of rotatable bonds is 38. The molecule has 2 unspecified atom stereocenters. The Morgan fingerprint density at radius 1 is 0.540 bits per heavy atom. The van der Waals surface area contributed by atoms with Gasteiger partial charge in [0.25, 0.3) is 0 Å². The Hall–Kier alpha value is -1.47. The van der Waals surface area contributed by atoms with Crippen LogP contribution in [0.3, 0.4) is 0 Å². The van der Waals surface area contributed by atoms with Crippen LogP contribution in [0.4, 0.5) is 0 Å². The molecule has 0 aliphatic rings. The zero-order valence-corrected chi connectivity index (χ0v) is 33.5. The lowest BCUT2D eigenvalue weighted by Gasteiger charge is -2.19. The SMILES string of the molecule is CCCCCC/C=C\C/C=C\CCCCCCCC(=O)OC(COC(=O)CCCCCCCCCCCCCCCC)COP(=O)(O)OCC. The van der Waals surface area contributed by atoms with Gasteiger partial charge in [-0.1, -0.05) is 160 Å². The van der Waals surface area contributed by atoms with Crippen LogP contribution in [0, 0.1) is 0 Å². The molecule has 0 aliphatic heterocycles. The van der Waals surface area contributed by atoms with Crippen molar-refractivity contribution in [1.82, 2.24) is 0 Å². The van der Waals surface area contributed by atoms with Crippen LogP contribution in [0.5, 0.6) is 0 Å². The number of ether oxygens (including phenoxy) is 2. The average molecular weight is 729 g/mol. The lowest BCUT2D eigenvalue weighted by Crippen LogP contribution is -2.29. The second kappa shape index (κ2) is 37.3. The van der Waals surface area contributed by atoms with E-state index in [4.69, 9.17) is 18.5 Å². The minimum atomic E-state index is -4.28. The maximum absolute atomic E-state index is 12.5. The molecule has 0 amide bonds. The average Bonchev–Trinajstić information content (AvgIpc) is 3.09. The van der Waals surface area contributed by atoms with Crippen LogP contribution in [-0.4, -0.2) is 42.8 Å². The predicted molar refractivity (Wildman–Crippen MR) is 207 cm³/mol. The van der Waals surface area contributed by atoms with Gasteiger partial charge in [-0.3, -0.25) is 18.6 Å². The first-order chi connectivity index (χ1) is 24.3. The first-order valence-electron chi connectivity index (χ1n) is 20.6. The molecule has 0 radical (unpaired) electrons. The van der Waals surface area contributed by atoms with Gasteiger partial charge >= 0.3 is 19.8 Å². The number of esters is 2. The number of phosphoric acid groups is 1. The first kappa shape index (κ1) is 48.5. The normalized spacial score (nSPS) is 13.6. The van der Waals surface area contributed by atoms with Crippen LogP contribution >= 0.6 is 7.82 Å². The molecule has 0 aromatic rings. The minimum absolute atomic E-state index is 0.000697. The molecule has 1 N–H and O–H groups in total. The molecule has 0 heterocycles. The van der Waals surface area contributed by atoms with Gasteiger partial charge in [-0.2, -0.15) is 0 Å². The molecule has 2 atom stereocenters. The minimum Gasteiger partial charge on any atom is -0.462 e. The molecular weight excluding hydrogens is 651 g/mol. The summed E-state index contributed by atoms with van der Waals surface area (Å²) in [6.07, 6.45) is 39.4. The van der Waals surface area contributed by atoms with E-state index < -0.39 is 26.5 Å². The maximum atomic E-state index is 12.5. The van der Waals surface area contributed by atoms with Crippen molar-refractivity contribution >= 4 is 19.8 Å². The molecule has 0 aromatic carbocycles. The maximum Gasteiger partial charge on any atom is 0.472 e. The molecule has 0 aliphatic carbocycles. The summed E-state index contributed by atoms with van der Waals surface area (Å²) < 4.78 is 32.6. The van der Waals surface area contributed by atoms with Crippen molar-refractivity contribution in [1.29, 1.82) is 0 Å². The van der Waals surface area contributed by atoms with E-state index >= 15 is 0 Å². The van der Waals surface area contributed by atoms with Gasteiger partial charge in [0.1, 0.15) is 6.61 Å². The van der Waals surface area contributed by atoms with Crippen molar-refractivity contribution in [3.63, 3.8) is 0 Å². The number of hydrogen-bond donors (Lipinski definition) is 1. The lowest BCUT2D eigenvalue weighted by molar-refractivity contribution is -0.161. The van der Waals surface area contributed by atoms with Crippen LogP contribution in [0.25, 0.3) is 0 Å². The molecule has 0 bridgehead atoms. The van der Waals surface area contributed by atoms with Crippen molar-refractivity contribution in [3.8, 4) is 0 Å². The largest absolute Gasteiger partial charge is 0.472 e. The molecule has 0 aromatic heterocycles. The quantitative estimate of drug-likeness (QED) is 0.0290. The van der Waals surface area contributed by atoms with E-state index in [9.17, 15) is 19.0 Å². The molecule has 8 nitrogen and oxygen atoms in total. The Balaban J connectivity index is 4.12. The van der Waals surface area contributed by atoms with E-state index in [1.54, 1.807) is 6.92 Å². The number of allylic oxidation sites excluding steroid dienone is 4. The zero-order chi connectivity index (χ0) is 36.8. The summed E-state index contributed by atoms with van der Waals surface area (Å²) in [5.74, 6) is -0.807. The third-order valence-corrected chi connectivity index (χ3v) is 9.82. The summed E-state index contributed by atoms with van der Waals surface area (Å²) in [7, 11) is -4.28. The van der Waals surface area contributed by atoms with Crippen LogP contribution in [0.1, 0.15) is 201 Å². The molecule has 0 rings (SSSR count). The fourth-order valence-electron chi connectivity index (χ4n) is 5.72. The van der Waals surface area contributed by atoms with Gasteiger partial charge in [0.05, 0.1) is 13.2 Å². The summed E-state index contributed by atoms with van der Waals surface area (Å²) in [6, 6.07) is 0. The number of carbonyl (C=O) groups excluding carboxylic acids is 2. The molecule has 50 heavy (non-hydrogen) atoms. The number of phosphoric ester groups is 1. The Labute approximate surface area is 307 Å². The molecule has 9 heteroatoms. The Morgan fingerprint density at radius 2 is 0.960 bits per heavy atom. The van der Waals surface area contributed by atoms with E-state index in [0.717, 1.165) is 57.8 Å². The van der Waals surface area contributed by atoms with Gasteiger partial charge in [-0.15, -0.1) is 0 Å². The first-order valence-corrected chi connectivity index (χ1v) is 22.1. The van der Waals surface area contributed by atoms with Crippen molar-refractivity contribution in [2.75, 3.05) is 19.8 Å². The van der Waals surface area contributed by atoms with Gasteiger partial charge in [0, 0.05) is 12.8 Å². The van der Waals surface area contributed by atoms with Crippen molar-refractivity contribution in [2.24, 2.45) is 0 Å². The molecule has 0 fully saturated rings. The zero-order valence-electron chi connectivity index (χ0n) is 32.6.